The Hall–Kier alpha value is -3.51. The van der Waals surface area contributed by atoms with Crippen LogP contribution >= 0.6 is 11.6 Å². The number of anilines is 2. The maximum absolute atomic E-state index is 14.0. The van der Waals surface area contributed by atoms with Crippen LogP contribution in [0.5, 0.6) is 0 Å². The van der Waals surface area contributed by atoms with Gasteiger partial charge in [0, 0.05) is 43.0 Å². The summed E-state index contributed by atoms with van der Waals surface area (Å²) >= 11 is 6.46. The second-order valence-electron chi connectivity index (χ2n) is 9.72. The van der Waals surface area contributed by atoms with Gasteiger partial charge in [-0.05, 0) is 49.2 Å². The Morgan fingerprint density at radius 2 is 1.80 bits per heavy atom. The first kappa shape index (κ1) is 28.0. The van der Waals surface area contributed by atoms with E-state index in [4.69, 9.17) is 11.6 Å². The van der Waals surface area contributed by atoms with E-state index in [0.717, 1.165) is 12.1 Å². The van der Waals surface area contributed by atoms with Gasteiger partial charge in [0.2, 0.25) is 5.95 Å². The number of fused-ring (bicyclic) bond motifs is 1. The number of alkyl halides is 3. The number of aromatic amines is 1. The number of aliphatic hydroxyl groups is 1. The summed E-state index contributed by atoms with van der Waals surface area (Å²) in [7, 11) is 0. The number of nitrogens with zero attached hydrogens (tertiary/aromatic N) is 4. The topological polar surface area (TPSA) is 68.3 Å². The zero-order chi connectivity index (χ0) is 28.9. The first-order valence-corrected chi connectivity index (χ1v) is 12.9. The maximum atomic E-state index is 14.0. The summed E-state index contributed by atoms with van der Waals surface area (Å²) < 4.78 is 82.6. The minimum absolute atomic E-state index is 0.00868. The van der Waals surface area contributed by atoms with E-state index < -0.39 is 35.3 Å². The fourth-order valence-electron chi connectivity index (χ4n) is 4.90. The van der Waals surface area contributed by atoms with Gasteiger partial charge in [0.25, 0.3) is 0 Å². The van der Waals surface area contributed by atoms with Gasteiger partial charge in [-0.2, -0.15) is 13.2 Å². The zero-order valence-electron chi connectivity index (χ0n) is 21.3. The van der Waals surface area contributed by atoms with Crippen LogP contribution in [0.2, 0.25) is 5.02 Å². The number of hydrogen-bond donors (Lipinski definition) is 2. The highest BCUT2D eigenvalue weighted by Gasteiger charge is 2.33. The molecule has 5 rings (SSSR count). The van der Waals surface area contributed by atoms with Gasteiger partial charge < -0.3 is 19.9 Å². The van der Waals surface area contributed by atoms with E-state index in [1.807, 2.05) is 23.6 Å². The third-order valence-electron chi connectivity index (χ3n) is 7.01. The molecule has 0 aliphatic carbocycles. The van der Waals surface area contributed by atoms with Crippen LogP contribution in [0.1, 0.15) is 37.5 Å². The molecule has 1 aliphatic heterocycles. The molecule has 0 spiro atoms. The molecular formula is C27H24ClF6N5O. The van der Waals surface area contributed by atoms with Crippen molar-refractivity contribution in [3.63, 3.8) is 0 Å². The lowest BCUT2D eigenvalue weighted by atomic mass is 10.0. The number of aliphatic hydroxyl groups excluding tert-OH is 1. The van der Waals surface area contributed by atoms with Crippen molar-refractivity contribution in [1.82, 2.24) is 15.0 Å². The molecule has 1 aliphatic rings. The Labute approximate surface area is 230 Å². The Morgan fingerprint density at radius 3 is 2.40 bits per heavy atom. The van der Waals surface area contributed by atoms with E-state index >= 15 is 0 Å². The molecule has 0 radical (unpaired) electrons. The number of imidazole rings is 1. The van der Waals surface area contributed by atoms with Gasteiger partial charge in [-0.3, -0.25) is 0 Å². The molecule has 3 heterocycles. The van der Waals surface area contributed by atoms with Gasteiger partial charge in [-0.15, -0.1) is 0 Å². The van der Waals surface area contributed by atoms with Gasteiger partial charge in [0.1, 0.15) is 5.82 Å². The summed E-state index contributed by atoms with van der Waals surface area (Å²) in [5.41, 5.74) is -0.847. The molecule has 1 unspecified atom stereocenters. The molecule has 2 aromatic carbocycles. The lowest BCUT2D eigenvalue weighted by Gasteiger charge is -2.40. The minimum atomic E-state index is -4.75. The number of rotatable bonds is 5. The first-order valence-electron chi connectivity index (χ1n) is 12.5. The number of aromatic nitrogens is 3. The van der Waals surface area contributed by atoms with Gasteiger partial charge >= 0.3 is 6.18 Å². The summed E-state index contributed by atoms with van der Waals surface area (Å²) in [4.78, 5) is 15.7. The number of hydrogen-bond acceptors (Lipinski definition) is 5. The van der Waals surface area contributed by atoms with Crippen molar-refractivity contribution in [1.29, 1.82) is 0 Å². The monoisotopic (exact) mass is 583 g/mol. The number of halogens is 7. The predicted octanol–water partition coefficient (Wildman–Crippen LogP) is 6.87. The van der Waals surface area contributed by atoms with E-state index in [1.54, 1.807) is 12.3 Å². The van der Waals surface area contributed by atoms with Gasteiger partial charge in [0.15, 0.2) is 17.5 Å². The van der Waals surface area contributed by atoms with Gasteiger partial charge in [-0.25, -0.2) is 23.1 Å². The molecule has 1 fully saturated rings. The van der Waals surface area contributed by atoms with Crippen molar-refractivity contribution < 1.29 is 31.4 Å². The molecule has 0 amide bonds. The fraction of sp³-hybridized carbons (Fsp3) is 0.333. The van der Waals surface area contributed by atoms with Crippen LogP contribution < -0.4 is 9.80 Å². The third-order valence-corrected chi connectivity index (χ3v) is 7.29. The molecular weight excluding hydrogens is 560 g/mol. The highest BCUT2D eigenvalue weighted by molar-refractivity contribution is 6.33. The second-order valence-corrected chi connectivity index (χ2v) is 10.1. The lowest BCUT2D eigenvalue weighted by molar-refractivity contribution is -0.137. The predicted molar refractivity (Wildman–Crippen MR) is 140 cm³/mol. The number of H-pyrrole nitrogens is 1. The molecule has 13 heteroatoms. The van der Waals surface area contributed by atoms with Crippen LogP contribution in [0.3, 0.4) is 0 Å². The summed E-state index contributed by atoms with van der Waals surface area (Å²) in [5.74, 6) is -3.95. The van der Waals surface area contributed by atoms with Crippen LogP contribution in [-0.4, -0.2) is 45.7 Å². The van der Waals surface area contributed by atoms with Crippen molar-refractivity contribution in [3.8, 4) is 11.1 Å². The number of nitrogens with one attached hydrogen (secondary N) is 1. The van der Waals surface area contributed by atoms with Crippen LogP contribution in [0.15, 0.2) is 36.5 Å². The molecule has 4 aromatic rings. The van der Waals surface area contributed by atoms with E-state index in [2.05, 4.69) is 15.0 Å². The highest BCUT2D eigenvalue weighted by atomic mass is 35.5. The van der Waals surface area contributed by atoms with Crippen LogP contribution in [0, 0.1) is 17.5 Å². The number of piperazine rings is 1. The van der Waals surface area contributed by atoms with E-state index in [-0.39, 0.29) is 34.2 Å². The SMILES string of the molecule is CCC(O)c1cnc(N2CCN(c3nc4c(-c5cc(F)c(F)c(F)c5)cc(C(F)(F)F)cc4[nH]3)[C@H](C)C2)c(Cl)c1. The zero-order valence-corrected chi connectivity index (χ0v) is 22.1. The minimum Gasteiger partial charge on any atom is -0.388 e. The fourth-order valence-corrected chi connectivity index (χ4v) is 5.19. The summed E-state index contributed by atoms with van der Waals surface area (Å²) in [5, 5.41) is 10.5. The van der Waals surface area contributed by atoms with Gasteiger partial charge in [0.05, 0.1) is 27.7 Å². The molecule has 1 saturated heterocycles. The highest BCUT2D eigenvalue weighted by Crippen LogP contribution is 2.38. The number of benzene rings is 2. The Kier molecular flexibility index (Phi) is 7.34. The molecule has 2 aromatic heterocycles. The van der Waals surface area contributed by atoms with Crippen LogP contribution in [-0.2, 0) is 6.18 Å². The molecule has 0 bridgehead atoms. The van der Waals surface area contributed by atoms with Crippen molar-refractivity contribution in [2.24, 2.45) is 0 Å². The largest absolute Gasteiger partial charge is 0.416 e. The Morgan fingerprint density at radius 1 is 1.10 bits per heavy atom. The lowest BCUT2D eigenvalue weighted by Crippen LogP contribution is -2.52. The summed E-state index contributed by atoms with van der Waals surface area (Å²) in [6.07, 6.45) is -3.33. The molecule has 0 saturated carbocycles. The van der Waals surface area contributed by atoms with Crippen molar-refractivity contribution >= 4 is 34.4 Å². The van der Waals surface area contributed by atoms with E-state index in [1.165, 1.54) is 0 Å². The summed E-state index contributed by atoms with van der Waals surface area (Å²) in [6, 6.07) is 4.39. The average molecular weight is 584 g/mol. The Balaban J connectivity index is 1.48. The number of pyridine rings is 1. The molecule has 6 nitrogen and oxygen atoms in total. The third kappa shape index (κ3) is 5.17. The summed E-state index contributed by atoms with van der Waals surface area (Å²) in [6.45, 7) is 5.05. The maximum Gasteiger partial charge on any atom is 0.416 e. The molecule has 2 atom stereocenters. The van der Waals surface area contributed by atoms with Crippen molar-refractivity contribution in [2.45, 2.75) is 38.6 Å². The quantitative estimate of drug-likeness (QED) is 0.198. The normalized spacial score (nSPS) is 17.1. The first-order chi connectivity index (χ1) is 18.9. The van der Waals surface area contributed by atoms with E-state index in [0.29, 0.717) is 54.6 Å². The molecule has 2 N–H and O–H groups in total. The second kappa shape index (κ2) is 10.5. The van der Waals surface area contributed by atoms with Crippen molar-refractivity contribution in [2.75, 3.05) is 29.4 Å². The van der Waals surface area contributed by atoms with Crippen LogP contribution in [0.25, 0.3) is 22.2 Å². The van der Waals surface area contributed by atoms with Crippen LogP contribution in [0.4, 0.5) is 38.1 Å². The molecule has 212 valence electrons. The van der Waals surface area contributed by atoms with Gasteiger partial charge in [-0.1, -0.05) is 18.5 Å². The van der Waals surface area contributed by atoms with E-state index in [9.17, 15) is 31.4 Å². The standard InChI is InChI=1S/C27H24ClF6N5O/c1-3-22(40)15-6-18(28)25(35-11-15)38-4-5-39(13(2)12-38)26-36-21-10-16(27(32,33)34)9-17(24(21)37-26)14-7-19(29)23(31)20(30)8-14/h6-11,13,22,40H,3-5,12H2,1-2H3,(H,36,37)/t13-,22?/m1/s1. The van der Waals surface area contributed by atoms with Crippen molar-refractivity contribution in [3.05, 3.63) is 70.1 Å². The Bertz CT molecular complexity index is 1550. The average Bonchev–Trinajstić information content (AvgIpc) is 3.33. The smallest absolute Gasteiger partial charge is 0.388 e. The molecule has 40 heavy (non-hydrogen) atoms.